The van der Waals surface area contributed by atoms with Gasteiger partial charge in [0.15, 0.2) is 5.69 Å². The van der Waals surface area contributed by atoms with Crippen molar-refractivity contribution in [2.45, 2.75) is 6.92 Å². The van der Waals surface area contributed by atoms with Crippen molar-refractivity contribution in [3.05, 3.63) is 69.8 Å². The van der Waals surface area contributed by atoms with Gasteiger partial charge in [0.25, 0.3) is 0 Å². The normalized spacial score (nSPS) is 10.5. The summed E-state index contributed by atoms with van der Waals surface area (Å²) < 4.78 is 12.2. The van der Waals surface area contributed by atoms with Crippen molar-refractivity contribution < 1.29 is 19.1 Å². The Morgan fingerprint density at radius 3 is 2.26 bits per heavy atom. The number of nitrogens with zero attached hydrogens (tertiary/aromatic N) is 2. The highest BCUT2D eigenvalue weighted by Crippen LogP contribution is 2.31. The monoisotopic (exact) mass is 428 g/mol. The summed E-state index contributed by atoms with van der Waals surface area (Å²) in [5.41, 5.74) is 2.72. The molecule has 0 aliphatic heterocycles. The summed E-state index contributed by atoms with van der Waals surface area (Å²) in [6.07, 6.45) is 0. The highest BCUT2D eigenvalue weighted by molar-refractivity contribution is 9.10. The van der Waals surface area contributed by atoms with E-state index in [0.29, 0.717) is 16.9 Å². The number of benzene rings is 2. The fourth-order valence-corrected chi connectivity index (χ4v) is 3.00. The van der Waals surface area contributed by atoms with Gasteiger partial charge in [-0.15, -0.1) is 0 Å². The van der Waals surface area contributed by atoms with Crippen LogP contribution in [0.3, 0.4) is 0 Å². The van der Waals surface area contributed by atoms with E-state index in [0.717, 1.165) is 10.0 Å². The van der Waals surface area contributed by atoms with Crippen molar-refractivity contribution in [3.8, 4) is 16.9 Å². The zero-order valence-electron chi connectivity index (χ0n) is 15.0. The Labute approximate surface area is 164 Å². The summed E-state index contributed by atoms with van der Waals surface area (Å²) in [6, 6.07) is 14.6. The second-order valence-corrected chi connectivity index (χ2v) is 6.62. The van der Waals surface area contributed by atoms with Crippen LogP contribution in [-0.4, -0.2) is 35.9 Å². The Bertz CT molecular complexity index is 1010. The summed E-state index contributed by atoms with van der Waals surface area (Å²) in [7, 11) is 2.52. The minimum absolute atomic E-state index is 0.0196. The molecule has 0 N–H and O–H groups in total. The van der Waals surface area contributed by atoms with E-state index in [4.69, 9.17) is 9.47 Å². The van der Waals surface area contributed by atoms with Gasteiger partial charge in [0.05, 0.1) is 19.9 Å². The van der Waals surface area contributed by atoms with Gasteiger partial charge in [-0.2, -0.15) is 5.10 Å². The molecule has 0 aliphatic rings. The third kappa shape index (κ3) is 3.50. The highest BCUT2D eigenvalue weighted by Gasteiger charge is 2.31. The predicted octanol–water partition coefficient (Wildman–Crippen LogP) is 4.18. The smallest absolute Gasteiger partial charge is 0.357 e. The van der Waals surface area contributed by atoms with Gasteiger partial charge in [-0.25, -0.2) is 14.3 Å². The molecule has 7 heteroatoms. The molecule has 0 radical (unpaired) electrons. The Morgan fingerprint density at radius 1 is 1.00 bits per heavy atom. The maximum atomic E-state index is 12.6. The van der Waals surface area contributed by atoms with E-state index in [9.17, 15) is 9.59 Å². The van der Waals surface area contributed by atoms with E-state index in [1.54, 1.807) is 12.1 Å². The number of aryl methyl sites for hydroxylation is 1. The summed E-state index contributed by atoms with van der Waals surface area (Å²) in [5.74, 6) is -1.33. The largest absolute Gasteiger partial charge is 0.465 e. The molecule has 0 aliphatic carbocycles. The van der Waals surface area contributed by atoms with Crippen molar-refractivity contribution in [1.29, 1.82) is 0 Å². The molecule has 0 bridgehead atoms. The Kier molecular flexibility index (Phi) is 5.41. The number of para-hydroxylation sites is 1. The van der Waals surface area contributed by atoms with Gasteiger partial charge in [0.2, 0.25) is 0 Å². The van der Waals surface area contributed by atoms with Gasteiger partial charge in [0.1, 0.15) is 11.3 Å². The number of aromatic nitrogens is 2. The molecule has 0 unspecified atom stereocenters. The number of carbonyl (C=O) groups excluding carboxylic acids is 2. The Hall–Kier alpha value is -2.93. The number of rotatable bonds is 4. The quantitative estimate of drug-likeness (QED) is 0.582. The van der Waals surface area contributed by atoms with Crippen LogP contribution >= 0.6 is 15.9 Å². The molecule has 6 nitrogen and oxygen atoms in total. The van der Waals surface area contributed by atoms with E-state index in [-0.39, 0.29) is 11.3 Å². The molecule has 3 rings (SSSR count). The summed E-state index contributed by atoms with van der Waals surface area (Å²) in [6.45, 7) is 1.93. The van der Waals surface area contributed by atoms with Crippen LogP contribution < -0.4 is 0 Å². The van der Waals surface area contributed by atoms with Crippen molar-refractivity contribution in [1.82, 2.24) is 9.78 Å². The number of halogens is 1. The van der Waals surface area contributed by atoms with Crippen LogP contribution in [0.1, 0.15) is 26.4 Å². The molecule has 0 atom stereocenters. The van der Waals surface area contributed by atoms with Crippen molar-refractivity contribution in [2.75, 3.05) is 14.2 Å². The fraction of sp³-hybridized carbons (Fsp3) is 0.150. The molecule has 0 fully saturated rings. The van der Waals surface area contributed by atoms with Crippen LogP contribution in [0, 0.1) is 6.92 Å². The number of hydrogen-bond acceptors (Lipinski definition) is 5. The molecular formula is C20H17BrN2O4. The first-order chi connectivity index (χ1) is 13.0. The molecule has 27 heavy (non-hydrogen) atoms. The standard InChI is InChI=1S/C20H17BrN2O4/c1-12-11-13(9-10-15(12)21)17-16(19(24)26-2)18(20(25)27-3)23(22-17)14-7-5-4-6-8-14/h4-11H,1-3H3. The SMILES string of the molecule is COC(=O)c1c(-c2ccc(Br)c(C)c2)nn(-c2ccccc2)c1C(=O)OC. The molecule has 0 amide bonds. The lowest BCUT2D eigenvalue weighted by Crippen LogP contribution is -2.15. The molecule has 0 saturated heterocycles. The van der Waals surface area contributed by atoms with Crippen LogP contribution in [0.4, 0.5) is 0 Å². The van der Waals surface area contributed by atoms with Gasteiger partial charge in [-0.1, -0.05) is 40.2 Å². The maximum absolute atomic E-state index is 12.6. The molecule has 0 spiro atoms. The van der Waals surface area contributed by atoms with Gasteiger partial charge in [0, 0.05) is 10.0 Å². The van der Waals surface area contributed by atoms with Gasteiger partial charge >= 0.3 is 11.9 Å². The molecular weight excluding hydrogens is 412 g/mol. The van der Waals surface area contributed by atoms with E-state index < -0.39 is 11.9 Å². The third-order valence-electron chi connectivity index (χ3n) is 4.09. The number of methoxy groups -OCH3 is 2. The average molecular weight is 429 g/mol. The molecule has 3 aromatic rings. The summed E-state index contributed by atoms with van der Waals surface area (Å²) in [4.78, 5) is 25.1. The van der Waals surface area contributed by atoms with Gasteiger partial charge < -0.3 is 9.47 Å². The first-order valence-electron chi connectivity index (χ1n) is 8.09. The van der Waals surface area contributed by atoms with E-state index in [2.05, 4.69) is 21.0 Å². The number of ether oxygens (including phenoxy) is 2. The molecule has 1 aromatic heterocycles. The van der Waals surface area contributed by atoms with Crippen LogP contribution in [0.2, 0.25) is 0 Å². The maximum Gasteiger partial charge on any atom is 0.357 e. The molecule has 1 heterocycles. The topological polar surface area (TPSA) is 70.4 Å². The lowest BCUT2D eigenvalue weighted by atomic mass is 10.0. The summed E-state index contributed by atoms with van der Waals surface area (Å²) in [5, 5.41) is 4.56. The first kappa shape index (κ1) is 18.8. The Morgan fingerprint density at radius 2 is 1.67 bits per heavy atom. The second kappa shape index (κ2) is 7.75. The molecule has 138 valence electrons. The van der Waals surface area contributed by atoms with E-state index >= 15 is 0 Å². The first-order valence-corrected chi connectivity index (χ1v) is 8.88. The average Bonchev–Trinajstić information content (AvgIpc) is 3.10. The van der Waals surface area contributed by atoms with Crippen molar-refractivity contribution >= 4 is 27.9 Å². The number of carbonyl (C=O) groups is 2. The van der Waals surface area contributed by atoms with Crippen LogP contribution in [0.15, 0.2) is 53.0 Å². The van der Waals surface area contributed by atoms with Crippen LogP contribution in [0.5, 0.6) is 0 Å². The van der Waals surface area contributed by atoms with Crippen LogP contribution in [0.25, 0.3) is 16.9 Å². The second-order valence-electron chi connectivity index (χ2n) is 5.77. The number of esters is 2. The van der Waals surface area contributed by atoms with Crippen LogP contribution in [-0.2, 0) is 9.47 Å². The molecule has 2 aromatic carbocycles. The van der Waals surface area contributed by atoms with Gasteiger partial charge in [-0.05, 0) is 36.8 Å². The van der Waals surface area contributed by atoms with Gasteiger partial charge in [-0.3, -0.25) is 0 Å². The van der Waals surface area contributed by atoms with Crippen molar-refractivity contribution in [3.63, 3.8) is 0 Å². The summed E-state index contributed by atoms with van der Waals surface area (Å²) >= 11 is 3.46. The molecule has 0 saturated carbocycles. The van der Waals surface area contributed by atoms with Crippen molar-refractivity contribution in [2.24, 2.45) is 0 Å². The minimum Gasteiger partial charge on any atom is -0.465 e. The predicted molar refractivity (Wildman–Crippen MR) is 104 cm³/mol. The third-order valence-corrected chi connectivity index (χ3v) is 4.98. The lowest BCUT2D eigenvalue weighted by Gasteiger charge is -2.07. The highest BCUT2D eigenvalue weighted by atomic mass is 79.9. The number of hydrogen-bond donors (Lipinski definition) is 0. The van der Waals surface area contributed by atoms with E-state index in [1.165, 1.54) is 18.9 Å². The lowest BCUT2D eigenvalue weighted by molar-refractivity contribution is 0.0549. The van der Waals surface area contributed by atoms with E-state index in [1.807, 2.05) is 43.3 Å². The Balaban J connectivity index is 2.36. The minimum atomic E-state index is -0.674. The zero-order valence-corrected chi connectivity index (χ0v) is 16.6. The zero-order chi connectivity index (χ0) is 19.6. The fourth-order valence-electron chi connectivity index (χ4n) is 2.75.